The fourth-order valence-electron chi connectivity index (χ4n) is 3.68. The van der Waals surface area contributed by atoms with E-state index < -0.39 is 42.5 Å². The van der Waals surface area contributed by atoms with Crippen LogP contribution in [0.5, 0.6) is 0 Å². The van der Waals surface area contributed by atoms with Crippen molar-refractivity contribution < 1.29 is 34.2 Å². The van der Waals surface area contributed by atoms with Crippen LogP contribution in [0.1, 0.15) is 17.5 Å². The van der Waals surface area contributed by atoms with Crippen LogP contribution in [-0.4, -0.2) is 23.4 Å². The second-order valence-corrected chi connectivity index (χ2v) is 12.2. The molecule has 4 rings (SSSR count). The number of halogens is 5. The lowest BCUT2D eigenvalue weighted by Crippen LogP contribution is -2.32. The van der Waals surface area contributed by atoms with E-state index in [1.165, 1.54) is 42.5 Å². The maximum Gasteiger partial charge on any atom is 0.416 e. The molecule has 0 unspecified atom stereocenters. The van der Waals surface area contributed by atoms with Crippen LogP contribution in [0.3, 0.4) is 0 Å². The molecule has 0 fully saturated rings. The molecule has 0 aromatic heterocycles. The molecular formula is C24H15Cl2F3N2O5S2. The number of hydrogen-bond donors (Lipinski definition) is 0. The highest BCUT2D eigenvalue weighted by Gasteiger charge is 2.35. The van der Waals surface area contributed by atoms with Crippen LogP contribution in [0, 0.1) is 11.3 Å². The predicted molar refractivity (Wildman–Crippen MR) is 134 cm³/mol. The average Bonchev–Trinajstić information content (AvgIpc) is 3.00. The molecule has 38 heavy (non-hydrogen) atoms. The molecule has 1 aliphatic rings. The molecule has 7 nitrogen and oxygen atoms in total. The molecule has 0 amide bonds. The number of nitrogens with zero attached hydrogens (tertiary/aromatic N) is 2. The maximum atomic E-state index is 13.5. The molecule has 14 heteroatoms. The average molecular weight is 603 g/mol. The van der Waals surface area contributed by atoms with Crippen LogP contribution in [0.15, 0.2) is 82.1 Å². The minimum atomic E-state index is -4.89. The molecule has 3 aromatic rings. The molecule has 0 bridgehead atoms. The van der Waals surface area contributed by atoms with E-state index >= 15 is 0 Å². The minimum Gasteiger partial charge on any atom is -0.377 e. The number of nitriles is 1. The first-order valence-corrected chi connectivity index (χ1v) is 14.2. The van der Waals surface area contributed by atoms with E-state index in [1.807, 2.05) is 6.07 Å². The molecule has 3 aromatic carbocycles. The highest BCUT2D eigenvalue weighted by atomic mass is 35.5. The Balaban J connectivity index is 1.85. The van der Waals surface area contributed by atoms with Crippen LogP contribution >= 0.6 is 23.2 Å². The van der Waals surface area contributed by atoms with Crippen molar-refractivity contribution in [3.05, 3.63) is 93.5 Å². The van der Waals surface area contributed by atoms with Crippen molar-refractivity contribution in [2.45, 2.75) is 22.4 Å². The Morgan fingerprint density at radius 3 is 2.18 bits per heavy atom. The van der Waals surface area contributed by atoms with Gasteiger partial charge in [0, 0.05) is 28.6 Å². The van der Waals surface area contributed by atoms with Crippen LogP contribution in [-0.2, 0) is 30.5 Å². The fourth-order valence-corrected chi connectivity index (χ4v) is 6.48. The number of hydrogen-bond acceptors (Lipinski definition) is 6. The maximum absolute atomic E-state index is 13.5. The Hall–Kier alpha value is -3.24. The first-order valence-electron chi connectivity index (χ1n) is 10.6. The summed E-state index contributed by atoms with van der Waals surface area (Å²) in [4.78, 5) is -0.935. The van der Waals surface area contributed by atoms with Crippen molar-refractivity contribution >= 4 is 54.8 Å². The van der Waals surface area contributed by atoms with Crippen molar-refractivity contribution in [2.24, 2.45) is 0 Å². The van der Waals surface area contributed by atoms with Gasteiger partial charge in [0.1, 0.15) is 4.90 Å². The molecule has 0 N–H and O–H groups in total. The quantitative estimate of drug-likeness (QED) is 0.320. The van der Waals surface area contributed by atoms with Gasteiger partial charge in [-0.05, 0) is 60.7 Å². The summed E-state index contributed by atoms with van der Waals surface area (Å²) < 4.78 is 98.9. The van der Waals surface area contributed by atoms with Gasteiger partial charge >= 0.3 is 16.3 Å². The van der Waals surface area contributed by atoms with E-state index in [2.05, 4.69) is 0 Å². The van der Waals surface area contributed by atoms with E-state index in [0.29, 0.717) is 17.2 Å². The smallest absolute Gasteiger partial charge is 0.377 e. The second kappa shape index (κ2) is 10.1. The minimum absolute atomic E-state index is 0.0908. The molecule has 0 saturated heterocycles. The van der Waals surface area contributed by atoms with E-state index in [-0.39, 0.29) is 39.7 Å². The first-order chi connectivity index (χ1) is 17.7. The molecule has 0 spiro atoms. The Labute approximate surface area is 226 Å². The standard InChI is InChI=1S/C24H15Cl2F3N2O5S2/c25-17-4-7-19(8-5-17)37(32,33)31-11-10-15(14-30)23(21-9-6-18(26)13-22(21)31)36-38(34,35)20-3-1-2-16(12-20)24(27,28)29/h1-9,12-13H,10-11H2. The first kappa shape index (κ1) is 27.8. The van der Waals surface area contributed by atoms with Gasteiger partial charge in [0.2, 0.25) is 0 Å². The Morgan fingerprint density at radius 1 is 0.895 bits per heavy atom. The normalized spacial score (nSPS) is 14.5. The number of fused-ring (bicyclic) bond motifs is 1. The van der Waals surface area contributed by atoms with Gasteiger partial charge in [0.15, 0.2) is 5.76 Å². The summed E-state index contributed by atoms with van der Waals surface area (Å²) in [5.74, 6) is -0.523. The van der Waals surface area contributed by atoms with Crippen LogP contribution in [0.4, 0.5) is 18.9 Å². The number of benzene rings is 3. The second-order valence-electron chi connectivity index (χ2n) is 7.93. The van der Waals surface area contributed by atoms with E-state index in [1.54, 1.807) is 0 Å². The SMILES string of the molecule is N#CC1=C(OS(=O)(=O)c2cccc(C(F)(F)F)c2)c2ccc(Cl)cc2N(S(=O)(=O)c2ccc(Cl)cc2)CC1. The molecule has 198 valence electrons. The molecular weight excluding hydrogens is 588 g/mol. The van der Waals surface area contributed by atoms with Gasteiger partial charge in [0.05, 0.1) is 27.8 Å². The van der Waals surface area contributed by atoms with Gasteiger partial charge in [-0.2, -0.15) is 26.9 Å². The molecule has 1 aliphatic heterocycles. The number of alkyl halides is 3. The monoisotopic (exact) mass is 602 g/mol. The third-order valence-electron chi connectivity index (χ3n) is 5.49. The van der Waals surface area contributed by atoms with Gasteiger partial charge in [-0.25, -0.2) is 8.42 Å². The van der Waals surface area contributed by atoms with E-state index in [9.17, 15) is 35.3 Å². The molecule has 0 saturated carbocycles. The predicted octanol–water partition coefficient (Wildman–Crippen LogP) is 6.25. The zero-order valence-corrected chi connectivity index (χ0v) is 22.1. The summed E-state index contributed by atoms with van der Waals surface area (Å²) in [6.07, 6.45) is -5.09. The zero-order chi connectivity index (χ0) is 27.9. The number of sulfonamides is 1. The lowest BCUT2D eigenvalue weighted by molar-refractivity contribution is -0.137. The molecule has 1 heterocycles. The highest BCUT2D eigenvalue weighted by Crippen LogP contribution is 2.41. The van der Waals surface area contributed by atoms with Crippen LogP contribution in [0.2, 0.25) is 10.0 Å². The van der Waals surface area contributed by atoms with Gasteiger partial charge in [-0.15, -0.1) is 0 Å². The summed E-state index contributed by atoms with van der Waals surface area (Å²) in [7, 11) is -9.14. The lowest BCUT2D eigenvalue weighted by Gasteiger charge is -2.25. The summed E-state index contributed by atoms with van der Waals surface area (Å²) in [5.41, 5.74) is -1.66. The topological polar surface area (TPSA) is 105 Å². The van der Waals surface area contributed by atoms with Gasteiger partial charge in [-0.3, -0.25) is 4.31 Å². The summed E-state index contributed by atoms with van der Waals surface area (Å²) in [6, 6.07) is 13.9. The van der Waals surface area contributed by atoms with E-state index in [4.69, 9.17) is 27.4 Å². The zero-order valence-electron chi connectivity index (χ0n) is 18.9. The molecule has 0 radical (unpaired) electrons. The van der Waals surface area contributed by atoms with Crippen molar-refractivity contribution in [3.8, 4) is 6.07 Å². The van der Waals surface area contributed by atoms with Gasteiger partial charge < -0.3 is 4.18 Å². The Kier molecular flexibility index (Phi) is 7.42. The summed E-state index contributed by atoms with van der Waals surface area (Å²) in [5, 5.41) is 10.2. The largest absolute Gasteiger partial charge is 0.416 e. The van der Waals surface area contributed by atoms with Gasteiger partial charge in [-0.1, -0.05) is 29.3 Å². The molecule has 0 aliphatic carbocycles. The number of anilines is 1. The van der Waals surface area contributed by atoms with Crippen molar-refractivity contribution in [1.29, 1.82) is 5.26 Å². The van der Waals surface area contributed by atoms with Gasteiger partial charge in [0.25, 0.3) is 10.0 Å². The molecule has 0 atom stereocenters. The Bertz CT molecular complexity index is 1700. The lowest BCUT2D eigenvalue weighted by atomic mass is 10.1. The van der Waals surface area contributed by atoms with Crippen molar-refractivity contribution in [3.63, 3.8) is 0 Å². The van der Waals surface area contributed by atoms with E-state index in [0.717, 1.165) is 16.4 Å². The van der Waals surface area contributed by atoms with Crippen LogP contribution < -0.4 is 4.31 Å². The Morgan fingerprint density at radius 2 is 1.55 bits per heavy atom. The summed E-state index contributed by atoms with van der Waals surface area (Å²) in [6.45, 7) is -0.294. The fraction of sp³-hybridized carbons (Fsp3) is 0.125. The third kappa shape index (κ3) is 5.47. The highest BCUT2D eigenvalue weighted by molar-refractivity contribution is 7.92. The summed E-state index contributed by atoms with van der Waals surface area (Å²) >= 11 is 12.0. The number of rotatable bonds is 5. The van der Waals surface area contributed by atoms with Crippen molar-refractivity contribution in [1.82, 2.24) is 0 Å². The third-order valence-corrected chi connectivity index (χ3v) is 9.02. The van der Waals surface area contributed by atoms with Crippen LogP contribution in [0.25, 0.3) is 5.76 Å². The van der Waals surface area contributed by atoms with Crippen molar-refractivity contribution in [2.75, 3.05) is 10.8 Å².